The maximum atomic E-state index is 15.5. The first-order valence-corrected chi connectivity index (χ1v) is 16.1. The number of phenols is 2. The Bertz CT molecular complexity index is 1480. The van der Waals surface area contributed by atoms with Gasteiger partial charge in [0.25, 0.3) is 0 Å². The summed E-state index contributed by atoms with van der Waals surface area (Å²) in [5.74, 6) is -1.89. The molecular formula is C38H52O7. The maximum absolute atomic E-state index is 15.5. The van der Waals surface area contributed by atoms with Crippen LogP contribution in [0.4, 0.5) is 0 Å². The van der Waals surface area contributed by atoms with Gasteiger partial charge in [-0.1, -0.05) is 41.9 Å². The second-order valence-electron chi connectivity index (χ2n) is 15.2. The fourth-order valence-corrected chi connectivity index (χ4v) is 8.05. The summed E-state index contributed by atoms with van der Waals surface area (Å²) in [6.07, 6.45) is 6.86. The van der Waals surface area contributed by atoms with Crippen molar-refractivity contribution in [2.75, 3.05) is 0 Å². The molecule has 4 rings (SSSR count). The molecule has 1 aromatic rings. The van der Waals surface area contributed by atoms with Crippen LogP contribution in [0.3, 0.4) is 0 Å². The molecule has 45 heavy (non-hydrogen) atoms. The number of hydrogen-bond acceptors (Lipinski definition) is 7. The van der Waals surface area contributed by atoms with E-state index in [9.17, 15) is 20.4 Å². The summed E-state index contributed by atoms with van der Waals surface area (Å²) in [5.41, 5.74) is -1.35. The van der Waals surface area contributed by atoms with Crippen LogP contribution >= 0.6 is 0 Å². The summed E-state index contributed by atoms with van der Waals surface area (Å²) >= 11 is 0. The van der Waals surface area contributed by atoms with Crippen LogP contribution in [0.2, 0.25) is 0 Å². The Morgan fingerprint density at radius 1 is 0.956 bits per heavy atom. The molecule has 1 saturated heterocycles. The molecule has 3 aliphatic rings. The van der Waals surface area contributed by atoms with Crippen molar-refractivity contribution in [3.05, 3.63) is 64.3 Å². The molecule has 7 nitrogen and oxygen atoms in total. The number of benzene rings is 1. The minimum atomic E-state index is -1.44. The molecule has 0 radical (unpaired) electrons. The highest BCUT2D eigenvalue weighted by Gasteiger charge is 2.75. The number of phenolic OH excluding ortho intramolecular Hbond substituents is 2. The van der Waals surface area contributed by atoms with E-state index in [1.807, 2.05) is 39.8 Å². The smallest absolute Gasteiger partial charge is 0.179 e. The zero-order valence-corrected chi connectivity index (χ0v) is 28.5. The van der Waals surface area contributed by atoms with Crippen LogP contribution in [0.25, 0.3) is 5.76 Å². The molecule has 0 amide bonds. The van der Waals surface area contributed by atoms with Gasteiger partial charge in [-0.15, -0.1) is 0 Å². The number of carbonyl (C=O) groups is 2. The maximum Gasteiger partial charge on any atom is 0.179 e. The predicted octanol–water partition coefficient (Wildman–Crippen LogP) is 7.91. The molecule has 6 atom stereocenters. The number of aliphatic hydroxyl groups is 2. The van der Waals surface area contributed by atoms with Gasteiger partial charge in [0, 0.05) is 5.56 Å². The SMILES string of the molecule is CC(C)=CC[C@@H]1C[C@@]2(CC=C(C)C)C(=O)/C(=C(\O)c3ccc(O)c(O)c3)C3O[C@@H](C(C)(C)O)CC[C@]1(C)[C@@]3(CC=C(C)C)C2=O. The van der Waals surface area contributed by atoms with Gasteiger partial charge in [0.1, 0.15) is 11.9 Å². The van der Waals surface area contributed by atoms with E-state index in [1.165, 1.54) is 18.2 Å². The van der Waals surface area contributed by atoms with Crippen LogP contribution in [0.5, 0.6) is 11.5 Å². The van der Waals surface area contributed by atoms with Crippen LogP contribution in [0.15, 0.2) is 58.7 Å². The van der Waals surface area contributed by atoms with E-state index in [2.05, 4.69) is 26.8 Å². The second kappa shape index (κ2) is 12.2. The van der Waals surface area contributed by atoms with Gasteiger partial charge in [-0.3, -0.25) is 9.59 Å². The van der Waals surface area contributed by atoms with Crippen molar-refractivity contribution in [2.24, 2.45) is 22.2 Å². The normalized spacial score (nSPS) is 32.4. The quantitative estimate of drug-likeness (QED) is 0.0765. The summed E-state index contributed by atoms with van der Waals surface area (Å²) in [4.78, 5) is 30.6. The molecule has 4 N–H and O–H groups in total. The van der Waals surface area contributed by atoms with Crippen molar-refractivity contribution in [1.29, 1.82) is 0 Å². The first-order chi connectivity index (χ1) is 20.8. The average Bonchev–Trinajstić information content (AvgIpc) is 3.08. The van der Waals surface area contributed by atoms with Crippen LogP contribution in [0.1, 0.15) is 106 Å². The predicted molar refractivity (Wildman–Crippen MR) is 177 cm³/mol. The Hall–Kier alpha value is -3.16. The molecule has 1 unspecified atom stereocenters. The third kappa shape index (κ3) is 5.83. The summed E-state index contributed by atoms with van der Waals surface area (Å²) in [6, 6.07) is 3.90. The highest BCUT2D eigenvalue weighted by atomic mass is 16.5. The monoisotopic (exact) mass is 620 g/mol. The Labute approximate surface area is 268 Å². The van der Waals surface area contributed by atoms with Crippen molar-refractivity contribution in [2.45, 2.75) is 119 Å². The molecule has 3 fully saturated rings. The molecule has 1 aromatic carbocycles. The summed E-state index contributed by atoms with van der Waals surface area (Å²) in [7, 11) is 0. The van der Waals surface area contributed by atoms with Crippen molar-refractivity contribution in [1.82, 2.24) is 0 Å². The van der Waals surface area contributed by atoms with Gasteiger partial charge in [-0.05, 0) is 123 Å². The second-order valence-corrected chi connectivity index (χ2v) is 15.2. The molecule has 2 aliphatic carbocycles. The van der Waals surface area contributed by atoms with Crippen molar-refractivity contribution in [3.63, 3.8) is 0 Å². The summed E-state index contributed by atoms with van der Waals surface area (Å²) in [5, 5.41) is 43.7. The minimum absolute atomic E-state index is 0.00737. The van der Waals surface area contributed by atoms with E-state index < -0.39 is 51.3 Å². The van der Waals surface area contributed by atoms with Gasteiger partial charge in [0.05, 0.1) is 28.1 Å². The molecule has 246 valence electrons. The van der Waals surface area contributed by atoms with Crippen LogP contribution in [-0.2, 0) is 14.3 Å². The number of allylic oxidation sites excluding steroid dienone is 6. The first kappa shape index (κ1) is 34.7. The van der Waals surface area contributed by atoms with E-state index in [0.29, 0.717) is 32.1 Å². The molecule has 0 aromatic heterocycles. The van der Waals surface area contributed by atoms with Gasteiger partial charge >= 0.3 is 0 Å². The van der Waals surface area contributed by atoms with E-state index in [0.717, 1.165) is 16.7 Å². The number of ketones is 2. The Balaban J connectivity index is 2.19. The lowest BCUT2D eigenvalue weighted by atomic mass is 9.37. The Morgan fingerprint density at radius 2 is 1.56 bits per heavy atom. The van der Waals surface area contributed by atoms with Gasteiger partial charge in [0.2, 0.25) is 0 Å². The van der Waals surface area contributed by atoms with Crippen molar-refractivity contribution in [3.8, 4) is 11.5 Å². The standard InChI is InChI=1S/C38H52O7/c1-22(2)10-12-26-21-37(18-14-23(3)4)32(42)30(31(41)25-11-13-27(39)28(40)20-25)33-38(34(37)43,19-15-24(5)6)36(26,9)17-16-29(45-33)35(7,8)44/h10-11,13-15,20,26,29,33,39-41,44H,12,16-19,21H2,1-9H3/b31-30+/t26-,29-,33?,36+,37+,38-/m1/s1. The van der Waals surface area contributed by atoms with Crippen LogP contribution in [0, 0.1) is 22.2 Å². The van der Waals surface area contributed by atoms with Crippen LogP contribution in [-0.4, -0.2) is 49.8 Å². The van der Waals surface area contributed by atoms with E-state index in [1.54, 1.807) is 13.8 Å². The largest absolute Gasteiger partial charge is 0.507 e. The number of Topliss-reactive ketones (excluding diaryl/α,β-unsaturated/α-hetero) is 2. The Kier molecular flexibility index (Phi) is 9.42. The first-order valence-electron chi connectivity index (χ1n) is 16.1. The van der Waals surface area contributed by atoms with Crippen LogP contribution < -0.4 is 0 Å². The van der Waals surface area contributed by atoms with Gasteiger partial charge < -0.3 is 25.2 Å². The summed E-state index contributed by atoms with van der Waals surface area (Å²) < 4.78 is 6.85. The van der Waals surface area contributed by atoms with Gasteiger partial charge in [0.15, 0.2) is 23.1 Å². The fourth-order valence-electron chi connectivity index (χ4n) is 8.05. The van der Waals surface area contributed by atoms with Crippen molar-refractivity contribution >= 4 is 17.3 Å². The highest BCUT2D eigenvalue weighted by Crippen LogP contribution is 2.70. The number of aromatic hydroxyl groups is 2. The topological polar surface area (TPSA) is 124 Å². The molecule has 2 bridgehead atoms. The van der Waals surface area contributed by atoms with E-state index in [4.69, 9.17) is 4.74 Å². The molecular weight excluding hydrogens is 568 g/mol. The molecule has 1 aliphatic heterocycles. The van der Waals surface area contributed by atoms with E-state index >= 15 is 9.59 Å². The number of aliphatic hydroxyl groups excluding tert-OH is 1. The molecule has 1 heterocycles. The lowest BCUT2D eigenvalue weighted by molar-refractivity contribution is -0.199. The lowest BCUT2D eigenvalue weighted by Gasteiger charge is -2.64. The Morgan fingerprint density at radius 3 is 2.11 bits per heavy atom. The van der Waals surface area contributed by atoms with E-state index in [-0.39, 0.29) is 35.0 Å². The molecule has 0 spiro atoms. The molecule has 2 saturated carbocycles. The fraction of sp³-hybridized carbons (Fsp3) is 0.579. The zero-order valence-electron chi connectivity index (χ0n) is 28.5. The number of fused-ring (bicyclic) bond motifs is 1. The lowest BCUT2D eigenvalue weighted by Crippen LogP contribution is -2.71. The summed E-state index contributed by atoms with van der Waals surface area (Å²) in [6.45, 7) is 17.4. The van der Waals surface area contributed by atoms with Gasteiger partial charge in [-0.2, -0.15) is 0 Å². The number of rotatable bonds is 8. The van der Waals surface area contributed by atoms with Crippen molar-refractivity contribution < 1.29 is 34.8 Å². The van der Waals surface area contributed by atoms with Gasteiger partial charge in [-0.25, -0.2) is 0 Å². The highest BCUT2D eigenvalue weighted by molar-refractivity contribution is 6.23. The number of carbonyl (C=O) groups excluding carboxylic acids is 2. The third-order valence-electron chi connectivity index (χ3n) is 10.8. The molecule has 7 heteroatoms. The average molecular weight is 621 g/mol. The third-order valence-corrected chi connectivity index (χ3v) is 10.8. The zero-order chi connectivity index (χ0) is 33.7. The number of hydrogen-bond donors (Lipinski definition) is 4. The number of ether oxygens (including phenoxy) is 1. The minimum Gasteiger partial charge on any atom is -0.507 e.